The molecule has 0 unspecified atom stereocenters. The third-order valence-corrected chi connectivity index (χ3v) is 6.25. The van der Waals surface area contributed by atoms with Gasteiger partial charge in [0, 0.05) is 20.9 Å². The Labute approximate surface area is 212 Å². The van der Waals surface area contributed by atoms with Crippen molar-refractivity contribution >= 4 is 29.3 Å². The highest BCUT2D eigenvalue weighted by Crippen LogP contribution is 2.38. The highest BCUT2D eigenvalue weighted by atomic mass is 32.2. The second-order valence-corrected chi connectivity index (χ2v) is 9.24. The van der Waals surface area contributed by atoms with Gasteiger partial charge in [-0.25, -0.2) is 9.89 Å². The molecular formula is C26H25N5O4S. The first-order valence-electron chi connectivity index (χ1n) is 11.2. The van der Waals surface area contributed by atoms with Crippen LogP contribution < -0.4 is 10.1 Å². The number of hydrogen-bond acceptors (Lipinski definition) is 8. The van der Waals surface area contributed by atoms with E-state index in [-0.39, 0.29) is 12.5 Å². The van der Waals surface area contributed by atoms with Gasteiger partial charge in [0.2, 0.25) is 0 Å². The number of esters is 1. The van der Waals surface area contributed by atoms with Crippen molar-refractivity contribution in [3.05, 3.63) is 78.4 Å². The summed E-state index contributed by atoms with van der Waals surface area (Å²) < 4.78 is 10.8. The van der Waals surface area contributed by atoms with Crippen LogP contribution in [-0.4, -0.2) is 44.7 Å². The maximum Gasteiger partial charge on any atom is 0.349 e. The van der Waals surface area contributed by atoms with Crippen LogP contribution in [0.1, 0.15) is 31.1 Å². The lowest BCUT2D eigenvalue weighted by molar-refractivity contribution is -0.158. The van der Waals surface area contributed by atoms with E-state index in [1.165, 1.54) is 11.8 Å². The molecule has 9 nitrogen and oxygen atoms in total. The Balaban J connectivity index is 1.48. The average molecular weight is 504 g/mol. The Morgan fingerprint density at radius 3 is 2.36 bits per heavy atom. The van der Waals surface area contributed by atoms with Crippen LogP contribution in [0, 0.1) is 0 Å². The number of H-pyrrole nitrogens is 1. The van der Waals surface area contributed by atoms with E-state index in [4.69, 9.17) is 9.47 Å². The third-order valence-electron chi connectivity index (χ3n) is 5.10. The number of tetrazole rings is 1. The molecule has 0 aliphatic carbocycles. The number of anilines is 1. The second-order valence-electron chi connectivity index (χ2n) is 8.16. The fourth-order valence-corrected chi connectivity index (χ4v) is 4.35. The van der Waals surface area contributed by atoms with Crippen molar-refractivity contribution < 1.29 is 19.1 Å². The molecule has 0 spiro atoms. The molecule has 0 aliphatic rings. The third kappa shape index (κ3) is 5.89. The van der Waals surface area contributed by atoms with Gasteiger partial charge in [0.1, 0.15) is 5.75 Å². The lowest BCUT2D eigenvalue weighted by atomic mass is 10.1. The minimum Gasteiger partial charge on any atom is -0.476 e. The number of carbonyl (C=O) groups excluding carboxylic acids is 2. The minimum absolute atomic E-state index is 0.271. The number of nitrogens with one attached hydrogen (secondary N) is 2. The molecule has 0 aliphatic heterocycles. The van der Waals surface area contributed by atoms with Crippen molar-refractivity contribution in [1.29, 1.82) is 0 Å². The number of nitrogens with zero attached hydrogens (tertiary/aromatic N) is 3. The zero-order valence-electron chi connectivity index (χ0n) is 20.0. The lowest BCUT2D eigenvalue weighted by Crippen LogP contribution is -2.39. The Bertz CT molecular complexity index is 1340. The summed E-state index contributed by atoms with van der Waals surface area (Å²) in [7, 11) is 0. The standard InChI is InChI=1S/C26H25N5O4S/c1-4-34-25(33)26(2,3)35-18-15-13-17(14-16-18)24(32)27-20-10-6-8-12-22(20)36-21-11-7-5-9-19(21)23-28-30-31-29-23/h5-16H,4H2,1-3H3,(H,27,32)(H,28,29,30,31). The van der Waals surface area contributed by atoms with Gasteiger partial charge in [-0.1, -0.05) is 36.0 Å². The van der Waals surface area contributed by atoms with Crippen molar-refractivity contribution in [2.75, 3.05) is 11.9 Å². The van der Waals surface area contributed by atoms with E-state index in [0.29, 0.717) is 22.8 Å². The molecule has 1 aromatic heterocycles. The van der Waals surface area contributed by atoms with Crippen LogP contribution in [0.15, 0.2) is 82.6 Å². The molecule has 3 aromatic carbocycles. The Kier molecular flexibility index (Phi) is 7.65. The molecule has 0 atom stereocenters. The van der Waals surface area contributed by atoms with Gasteiger partial charge >= 0.3 is 5.97 Å². The number of rotatable bonds is 9. The van der Waals surface area contributed by atoms with Crippen molar-refractivity contribution in [2.45, 2.75) is 36.2 Å². The molecule has 2 N–H and O–H groups in total. The maximum atomic E-state index is 13.0. The monoisotopic (exact) mass is 503 g/mol. The van der Waals surface area contributed by atoms with Gasteiger partial charge in [-0.05, 0) is 79.7 Å². The molecule has 0 fully saturated rings. The van der Waals surface area contributed by atoms with Gasteiger partial charge in [-0.15, -0.1) is 5.10 Å². The summed E-state index contributed by atoms with van der Waals surface area (Å²) in [6.45, 7) is 5.28. The summed E-state index contributed by atoms with van der Waals surface area (Å²) in [5.74, 6) is 0.293. The minimum atomic E-state index is -1.14. The molecule has 0 saturated carbocycles. The number of aromatic amines is 1. The van der Waals surface area contributed by atoms with E-state index in [1.54, 1.807) is 45.0 Å². The molecule has 0 saturated heterocycles. The predicted molar refractivity (Wildman–Crippen MR) is 136 cm³/mol. The van der Waals surface area contributed by atoms with Crippen LogP contribution in [0.2, 0.25) is 0 Å². The summed E-state index contributed by atoms with van der Waals surface area (Å²) in [6, 6.07) is 21.9. The van der Waals surface area contributed by atoms with Crippen molar-refractivity contribution in [3.8, 4) is 17.1 Å². The fraction of sp³-hybridized carbons (Fsp3) is 0.192. The van der Waals surface area contributed by atoms with Crippen LogP contribution in [0.5, 0.6) is 5.75 Å². The van der Waals surface area contributed by atoms with Crippen LogP contribution in [0.4, 0.5) is 5.69 Å². The van der Waals surface area contributed by atoms with Crippen molar-refractivity contribution in [3.63, 3.8) is 0 Å². The van der Waals surface area contributed by atoms with Gasteiger partial charge in [0.05, 0.1) is 12.3 Å². The fourth-order valence-electron chi connectivity index (χ4n) is 3.31. The summed E-state index contributed by atoms with van der Waals surface area (Å²) in [5.41, 5.74) is 0.828. The van der Waals surface area contributed by atoms with E-state index in [2.05, 4.69) is 25.9 Å². The summed E-state index contributed by atoms with van der Waals surface area (Å²) in [5, 5.41) is 17.1. The quantitative estimate of drug-likeness (QED) is 0.307. The Morgan fingerprint density at radius 1 is 0.972 bits per heavy atom. The average Bonchev–Trinajstić information content (AvgIpc) is 3.41. The van der Waals surface area contributed by atoms with E-state index in [1.807, 2.05) is 48.5 Å². The molecule has 0 bridgehead atoms. The molecule has 1 heterocycles. The Hall–Kier alpha value is -4.18. The SMILES string of the molecule is CCOC(=O)C(C)(C)Oc1ccc(C(=O)Nc2ccccc2Sc2ccccc2-c2nnn[nH]2)cc1. The molecule has 184 valence electrons. The topological polar surface area (TPSA) is 119 Å². The maximum absolute atomic E-state index is 13.0. The largest absolute Gasteiger partial charge is 0.476 e. The lowest BCUT2D eigenvalue weighted by Gasteiger charge is -2.24. The molecule has 36 heavy (non-hydrogen) atoms. The second kappa shape index (κ2) is 11.0. The predicted octanol–water partition coefficient (Wildman–Crippen LogP) is 4.99. The summed E-state index contributed by atoms with van der Waals surface area (Å²) in [4.78, 5) is 26.9. The number of aromatic nitrogens is 4. The van der Waals surface area contributed by atoms with E-state index < -0.39 is 11.6 Å². The normalized spacial score (nSPS) is 11.1. The first-order valence-corrected chi connectivity index (χ1v) is 12.1. The summed E-state index contributed by atoms with van der Waals surface area (Å²) >= 11 is 1.50. The smallest absolute Gasteiger partial charge is 0.349 e. The van der Waals surface area contributed by atoms with Gasteiger partial charge in [-0.2, -0.15) is 0 Å². The van der Waals surface area contributed by atoms with E-state index in [0.717, 1.165) is 15.4 Å². The van der Waals surface area contributed by atoms with Gasteiger partial charge in [0.25, 0.3) is 5.91 Å². The van der Waals surface area contributed by atoms with E-state index in [9.17, 15) is 9.59 Å². The number of benzene rings is 3. The zero-order valence-corrected chi connectivity index (χ0v) is 20.8. The van der Waals surface area contributed by atoms with Crippen LogP contribution in [0.25, 0.3) is 11.4 Å². The molecular weight excluding hydrogens is 478 g/mol. The van der Waals surface area contributed by atoms with Gasteiger partial charge in [-0.3, -0.25) is 4.79 Å². The van der Waals surface area contributed by atoms with Crippen LogP contribution in [-0.2, 0) is 9.53 Å². The summed E-state index contributed by atoms with van der Waals surface area (Å²) in [6.07, 6.45) is 0. The van der Waals surface area contributed by atoms with Gasteiger partial charge in [0.15, 0.2) is 11.4 Å². The van der Waals surface area contributed by atoms with Crippen LogP contribution in [0.3, 0.4) is 0 Å². The van der Waals surface area contributed by atoms with Gasteiger partial charge < -0.3 is 14.8 Å². The first kappa shape index (κ1) is 24.9. The van der Waals surface area contributed by atoms with Crippen LogP contribution >= 0.6 is 11.8 Å². The molecule has 1 amide bonds. The zero-order chi connectivity index (χ0) is 25.5. The molecule has 4 aromatic rings. The number of ether oxygens (including phenoxy) is 2. The molecule has 4 rings (SSSR count). The highest BCUT2D eigenvalue weighted by Gasteiger charge is 2.31. The number of amides is 1. The molecule has 10 heteroatoms. The number of carbonyl (C=O) groups is 2. The number of para-hydroxylation sites is 1. The van der Waals surface area contributed by atoms with E-state index >= 15 is 0 Å². The number of hydrogen-bond donors (Lipinski definition) is 2. The Morgan fingerprint density at radius 2 is 1.67 bits per heavy atom. The van der Waals surface area contributed by atoms with Crippen molar-refractivity contribution in [2.24, 2.45) is 0 Å². The molecule has 0 radical (unpaired) electrons. The van der Waals surface area contributed by atoms with Crippen molar-refractivity contribution in [1.82, 2.24) is 20.6 Å². The highest BCUT2D eigenvalue weighted by molar-refractivity contribution is 7.99. The first-order chi connectivity index (χ1) is 17.4.